The molecule has 0 aliphatic heterocycles. The maximum atomic E-state index is 6.14. The van der Waals surface area contributed by atoms with Gasteiger partial charge in [0.2, 0.25) is 0 Å². The minimum absolute atomic E-state index is 0.0830. The van der Waals surface area contributed by atoms with Crippen molar-refractivity contribution in [3.63, 3.8) is 0 Å². The Morgan fingerprint density at radius 1 is 1.29 bits per heavy atom. The molecule has 0 saturated heterocycles. The van der Waals surface area contributed by atoms with Gasteiger partial charge >= 0.3 is 0 Å². The van der Waals surface area contributed by atoms with Crippen LogP contribution in [0.5, 0.6) is 5.75 Å². The van der Waals surface area contributed by atoms with E-state index in [0.29, 0.717) is 5.02 Å². The van der Waals surface area contributed by atoms with Crippen molar-refractivity contribution in [1.29, 1.82) is 0 Å². The van der Waals surface area contributed by atoms with Gasteiger partial charge in [-0.15, -0.1) is 0 Å². The van der Waals surface area contributed by atoms with Gasteiger partial charge in [-0.25, -0.2) is 4.52 Å². The summed E-state index contributed by atoms with van der Waals surface area (Å²) in [5.41, 5.74) is 2.93. The summed E-state index contributed by atoms with van der Waals surface area (Å²) in [7, 11) is 3.54. The van der Waals surface area contributed by atoms with Crippen LogP contribution in [0, 0.1) is 0 Å². The summed E-state index contributed by atoms with van der Waals surface area (Å²) in [5.74, 6) is 0.780. The lowest BCUT2D eigenvalue weighted by molar-refractivity contribution is 0.405. The van der Waals surface area contributed by atoms with Crippen LogP contribution in [-0.4, -0.2) is 28.8 Å². The summed E-state index contributed by atoms with van der Waals surface area (Å²) in [5, 5.41) is 8.32. The molecule has 2 aromatic heterocycles. The number of rotatable bonds is 4. The molecule has 1 N–H and O–H groups in total. The smallest absolute Gasteiger partial charge is 0.124 e. The molecule has 108 valence electrons. The Morgan fingerprint density at radius 3 is 2.90 bits per heavy atom. The highest BCUT2D eigenvalue weighted by Crippen LogP contribution is 2.33. The van der Waals surface area contributed by atoms with E-state index >= 15 is 0 Å². The molecular weight excluding hydrogens is 288 g/mol. The molecule has 6 heteroatoms. The van der Waals surface area contributed by atoms with E-state index in [4.69, 9.17) is 16.3 Å². The standard InChI is InChI=1S/C15H15ClN4O/c1-17-15(11-7-10(16)3-4-14(11)21-2)12-8-19-20-6-5-18-9-13(12)20/h3-9,15,17H,1-2H3. The van der Waals surface area contributed by atoms with E-state index < -0.39 is 0 Å². The van der Waals surface area contributed by atoms with Gasteiger partial charge < -0.3 is 10.1 Å². The highest BCUT2D eigenvalue weighted by atomic mass is 35.5. The van der Waals surface area contributed by atoms with Crippen molar-refractivity contribution in [2.24, 2.45) is 0 Å². The van der Waals surface area contributed by atoms with Gasteiger partial charge in [0.25, 0.3) is 0 Å². The molecule has 2 heterocycles. The van der Waals surface area contributed by atoms with E-state index in [-0.39, 0.29) is 6.04 Å². The Labute approximate surface area is 127 Å². The fourth-order valence-electron chi connectivity index (χ4n) is 2.48. The second-order valence-electron chi connectivity index (χ2n) is 4.61. The zero-order chi connectivity index (χ0) is 14.8. The number of halogens is 1. The van der Waals surface area contributed by atoms with Crippen molar-refractivity contribution in [3.05, 3.63) is 59.1 Å². The first-order valence-electron chi connectivity index (χ1n) is 6.52. The van der Waals surface area contributed by atoms with Gasteiger partial charge in [-0.2, -0.15) is 5.10 Å². The van der Waals surface area contributed by atoms with Crippen LogP contribution in [0.3, 0.4) is 0 Å². The lowest BCUT2D eigenvalue weighted by Crippen LogP contribution is -2.18. The molecule has 3 rings (SSSR count). The Bertz CT molecular complexity index is 771. The highest BCUT2D eigenvalue weighted by Gasteiger charge is 2.20. The quantitative estimate of drug-likeness (QED) is 0.805. The molecule has 0 amide bonds. The van der Waals surface area contributed by atoms with E-state index in [0.717, 1.165) is 22.4 Å². The molecule has 0 radical (unpaired) electrons. The van der Waals surface area contributed by atoms with Gasteiger partial charge in [0.1, 0.15) is 5.75 Å². The number of nitrogens with one attached hydrogen (secondary N) is 1. The van der Waals surface area contributed by atoms with Crippen molar-refractivity contribution in [2.75, 3.05) is 14.2 Å². The average molecular weight is 303 g/mol. The Kier molecular flexibility index (Phi) is 3.77. The van der Waals surface area contributed by atoms with Gasteiger partial charge in [0.05, 0.1) is 31.1 Å². The van der Waals surface area contributed by atoms with E-state index in [1.165, 1.54) is 0 Å². The van der Waals surface area contributed by atoms with Crippen molar-refractivity contribution in [1.82, 2.24) is 19.9 Å². The monoisotopic (exact) mass is 302 g/mol. The lowest BCUT2D eigenvalue weighted by Gasteiger charge is -2.19. The van der Waals surface area contributed by atoms with Crippen LogP contribution in [0.2, 0.25) is 5.02 Å². The molecule has 1 aromatic carbocycles. The Balaban J connectivity index is 2.16. The second kappa shape index (κ2) is 5.71. The third-order valence-corrected chi connectivity index (χ3v) is 3.69. The minimum Gasteiger partial charge on any atom is -0.496 e. The second-order valence-corrected chi connectivity index (χ2v) is 5.05. The van der Waals surface area contributed by atoms with Gasteiger partial charge in [-0.3, -0.25) is 4.98 Å². The van der Waals surface area contributed by atoms with Crippen molar-refractivity contribution >= 4 is 17.1 Å². The zero-order valence-electron chi connectivity index (χ0n) is 11.7. The van der Waals surface area contributed by atoms with Crippen LogP contribution in [0.1, 0.15) is 17.2 Å². The lowest BCUT2D eigenvalue weighted by atomic mass is 9.99. The van der Waals surface area contributed by atoms with E-state index in [1.807, 2.05) is 37.6 Å². The van der Waals surface area contributed by atoms with Gasteiger partial charge in [-0.05, 0) is 25.2 Å². The zero-order valence-corrected chi connectivity index (χ0v) is 12.5. The number of hydrogen-bond donors (Lipinski definition) is 1. The Morgan fingerprint density at radius 2 is 2.14 bits per heavy atom. The SMILES string of the molecule is CNC(c1cc(Cl)ccc1OC)c1cnn2ccncc12. The van der Waals surface area contributed by atoms with Gasteiger partial charge in [0, 0.05) is 28.5 Å². The average Bonchev–Trinajstić information content (AvgIpc) is 2.93. The van der Waals surface area contributed by atoms with Crippen LogP contribution in [0.4, 0.5) is 0 Å². The molecule has 3 aromatic rings. The van der Waals surface area contributed by atoms with E-state index in [1.54, 1.807) is 24.0 Å². The number of nitrogens with zero attached hydrogens (tertiary/aromatic N) is 3. The molecule has 1 unspecified atom stereocenters. The van der Waals surface area contributed by atoms with Crippen LogP contribution < -0.4 is 10.1 Å². The summed E-state index contributed by atoms with van der Waals surface area (Å²) in [6, 6.07) is 5.50. The van der Waals surface area contributed by atoms with E-state index in [9.17, 15) is 0 Å². The highest BCUT2D eigenvalue weighted by molar-refractivity contribution is 6.30. The fraction of sp³-hybridized carbons (Fsp3) is 0.200. The largest absolute Gasteiger partial charge is 0.496 e. The van der Waals surface area contributed by atoms with E-state index in [2.05, 4.69) is 15.4 Å². The maximum absolute atomic E-state index is 6.14. The first kappa shape index (κ1) is 13.9. The summed E-state index contributed by atoms with van der Waals surface area (Å²) < 4.78 is 7.25. The fourth-order valence-corrected chi connectivity index (χ4v) is 2.67. The van der Waals surface area contributed by atoms with Crippen LogP contribution >= 0.6 is 11.6 Å². The normalized spacial score (nSPS) is 12.5. The minimum atomic E-state index is -0.0830. The first-order valence-corrected chi connectivity index (χ1v) is 6.90. The van der Waals surface area contributed by atoms with Crippen molar-refractivity contribution in [3.8, 4) is 5.75 Å². The number of ether oxygens (including phenoxy) is 1. The van der Waals surface area contributed by atoms with Crippen LogP contribution in [0.15, 0.2) is 43.0 Å². The molecule has 5 nitrogen and oxygen atoms in total. The van der Waals surface area contributed by atoms with Crippen LogP contribution in [-0.2, 0) is 0 Å². The predicted octanol–water partition coefficient (Wildman–Crippen LogP) is 2.70. The number of benzene rings is 1. The predicted molar refractivity (Wildman–Crippen MR) is 81.9 cm³/mol. The molecule has 0 spiro atoms. The number of fused-ring (bicyclic) bond motifs is 1. The molecule has 21 heavy (non-hydrogen) atoms. The molecule has 0 fully saturated rings. The molecule has 1 atom stereocenters. The van der Waals surface area contributed by atoms with Gasteiger partial charge in [0.15, 0.2) is 0 Å². The van der Waals surface area contributed by atoms with Crippen molar-refractivity contribution < 1.29 is 4.74 Å². The Hall–Kier alpha value is -2.11. The van der Waals surface area contributed by atoms with Crippen molar-refractivity contribution in [2.45, 2.75) is 6.04 Å². The molecular formula is C15H15ClN4O. The third kappa shape index (κ3) is 2.46. The summed E-state index contributed by atoms with van der Waals surface area (Å²) >= 11 is 6.14. The number of aromatic nitrogens is 3. The molecule has 0 aliphatic rings. The summed E-state index contributed by atoms with van der Waals surface area (Å²) in [6.45, 7) is 0. The third-order valence-electron chi connectivity index (χ3n) is 3.46. The molecule has 0 saturated carbocycles. The number of methoxy groups -OCH3 is 1. The molecule has 0 aliphatic carbocycles. The number of hydrogen-bond acceptors (Lipinski definition) is 4. The van der Waals surface area contributed by atoms with Crippen LogP contribution in [0.25, 0.3) is 5.52 Å². The first-order chi connectivity index (χ1) is 10.2. The van der Waals surface area contributed by atoms with Gasteiger partial charge in [-0.1, -0.05) is 11.6 Å². The maximum Gasteiger partial charge on any atom is 0.124 e. The topological polar surface area (TPSA) is 51.5 Å². The summed E-state index contributed by atoms with van der Waals surface area (Å²) in [4.78, 5) is 4.17. The molecule has 0 bridgehead atoms. The summed E-state index contributed by atoms with van der Waals surface area (Å²) in [6.07, 6.45) is 7.15.